The topological polar surface area (TPSA) is 56.3 Å². The molecule has 2 fully saturated rings. The normalized spacial score (nSPS) is 24.6. The van der Waals surface area contributed by atoms with Crippen LogP contribution >= 0.6 is 0 Å². The average molecular weight is 342 g/mol. The van der Waals surface area contributed by atoms with Crippen LogP contribution in [0.3, 0.4) is 0 Å². The molecule has 3 heterocycles. The number of hydrogen-bond donors (Lipinski definition) is 2. The fraction of sp³-hybridized carbons (Fsp3) is 0.444. The van der Waals surface area contributed by atoms with Gasteiger partial charge in [0.1, 0.15) is 5.82 Å². The number of halogens is 1. The van der Waals surface area contributed by atoms with E-state index in [1.165, 1.54) is 6.07 Å². The molecule has 0 aliphatic carbocycles. The standard InChI is InChI=1S/C18H23FN6/c19-16-5-2-1-4-15(16)17-14(12-22-23-17)13-24-8-10-25(11-9-24)18-20-6-3-7-21-18/h1-7,14,17,22-23H,8-13H2. The molecule has 2 unspecified atom stereocenters. The van der Waals surface area contributed by atoms with Crippen molar-refractivity contribution in [1.82, 2.24) is 25.7 Å². The largest absolute Gasteiger partial charge is 0.338 e. The van der Waals surface area contributed by atoms with Crippen molar-refractivity contribution < 1.29 is 4.39 Å². The van der Waals surface area contributed by atoms with Crippen molar-refractivity contribution in [3.05, 3.63) is 54.1 Å². The van der Waals surface area contributed by atoms with Gasteiger partial charge in [0.25, 0.3) is 0 Å². The van der Waals surface area contributed by atoms with E-state index in [0.29, 0.717) is 5.92 Å². The molecule has 2 aliphatic rings. The minimum atomic E-state index is -0.139. The molecular formula is C18H23FN6. The zero-order valence-electron chi connectivity index (χ0n) is 14.1. The first-order valence-electron chi connectivity index (χ1n) is 8.78. The third kappa shape index (κ3) is 3.63. The average Bonchev–Trinajstić information content (AvgIpc) is 3.11. The lowest BCUT2D eigenvalue weighted by molar-refractivity contribution is 0.213. The van der Waals surface area contributed by atoms with E-state index in [9.17, 15) is 4.39 Å². The molecular weight excluding hydrogens is 319 g/mol. The molecule has 2 saturated heterocycles. The van der Waals surface area contributed by atoms with Crippen LogP contribution in [-0.4, -0.2) is 54.1 Å². The van der Waals surface area contributed by atoms with Gasteiger partial charge < -0.3 is 4.90 Å². The summed E-state index contributed by atoms with van der Waals surface area (Å²) in [5.74, 6) is 1.01. The predicted octanol–water partition coefficient (Wildman–Crippen LogP) is 1.20. The molecule has 2 atom stereocenters. The second-order valence-electron chi connectivity index (χ2n) is 6.62. The van der Waals surface area contributed by atoms with E-state index >= 15 is 0 Å². The summed E-state index contributed by atoms with van der Waals surface area (Å²) in [7, 11) is 0. The highest BCUT2D eigenvalue weighted by Crippen LogP contribution is 2.28. The molecule has 2 aliphatic heterocycles. The van der Waals surface area contributed by atoms with E-state index in [0.717, 1.165) is 50.8 Å². The van der Waals surface area contributed by atoms with Gasteiger partial charge in [-0.2, -0.15) is 0 Å². The zero-order valence-corrected chi connectivity index (χ0v) is 14.1. The number of piperazine rings is 1. The highest BCUT2D eigenvalue weighted by atomic mass is 19.1. The molecule has 25 heavy (non-hydrogen) atoms. The molecule has 0 bridgehead atoms. The molecule has 0 radical (unpaired) electrons. The Morgan fingerprint density at radius 1 is 1.04 bits per heavy atom. The molecule has 7 heteroatoms. The van der Waals surface area contributed by atoms with Crippen LogP contribution in [0, 0.1) is 11.7 Å². The van der Waals surface area contributed by atoms with Crippen molar-refractivity contribution in [2.75, 3.05) is 44.2 Å². The zero-order chi connectivity index (χ0) is 17.1. The van der Waals surface area contributed by atoms with Gasteiger partial charge in [-0.05, 0) is 12.1 Å². The first-order valence-corrected chi connectivity index (χ1v) is 8.78. The van der Waals surface area contributed by atoms with Crippen molar-refractivity contribution in [2.45, 2.75) is 6.04 Å². The van der Waals surface area contributed by atoms with Crippen LogP contribution < -0.4 is 15.8 Å². The predicted molar refractivity (Wildman–Crippen MR) is 94.5 cm³/mol. The Balaban J connectivity index is 1.36. The van der Waals surface area contributed by atoms with Gasteiger partial charge in [-0.25, -0.2) is 19.8 Å². The van der Waals surface area contributed by atoms with Gasteiger partial charge in [0.05, 0.1) is 6.04 Å². The number of benzene rings is 1. The molecule has 6 nitrogen and oxygen atoms in total. The molecule has 0 amide bonds. The fourth-order valence-electron chi connectivity index (χ4n) is 3.68. The monoisotopic (exact) mass is 342 g/mol. The van der Waals surface area contributed by atoms with Crippen LogP contribution in [0.5, 0.6) is 0 Å². The number of nitrogens with one attached hydrogen (secondary N) is 2. The Morgan fingerprint density at radius 2 is 1.80 bits per heavy atom. The number of nitrogens with zero attached hydrogens (tertiary/aromatic N) is 4. The van der Waals surface area contributed by atoms with E-state index in [1.807, 2.05) is 18.2 Å². The van der Waals surface area contributed by atoms with Crippen molar-refractivity contribution in [3.8, 4) is 0 Å². The number of aromatic nitrogens is 2. The summed E-state index contributed by atoms with van der Waals surface area (Å²) in [5, 5.41) is 0. The fourth-order valence-corrected chi connectivity index (χ4v) is 3.68. The van der Waals surface area contributed by atoms with Gasteiger partial charge >= 0.3 is 0 Å². The van der Waals surface area contributed by atoms with Crippen molar-refractivity contribution in [3.63, 3.8) is 0 Å². The van der Waals surface area contributed by atoms with Crippen LogP contribution in [0.15, 0.2) is 42.7 Å². The maximum Gasteiger partial charge on any atom is 0.225 e. The quantitative estimate of drug-likeness (QED) is 0.871. The van der Waals surface area contributed by atoms with E-state index in [-0.39, 0.29) is 11.9 Å². The maximum absolute atomic E-state index is 14.1. The Kier molecular flexibility index (Phi) is 4.87. The SMILES string of the molecule is Fc1ccccc1C1NNCC1CN1CCN(c2ncccn2)CC1. The summed E-state index contributed by atoms with van der Waals surface area (Å²) in [6.07, 6.45) is 3.56. The minimum Gasteiger partial charge on any atom is -0.338 e. The Bertz CT molecular complexity index is 689. The molecule has 1 aromatic carbocycles. The molecule has 2 N–H and O–H groups in total. The Hall–Kier alpha value is -2.09. The highest BCUT2D eigenvalue weighted by Gasteiger charge is 2.32. The van der Waals surface area contributed by atoms with Crippen LogP contribution in [0.25, 0.3) is 0 Å². The van der Waals surface area contributed by atoms with Gasteiger partial charge in [0.15, 0.2) is 0 Å². The molecule has 0 spiro atoms. The highest BCUT2D eigenvalue weighted by molar-refractivity contribution is 5.29. The first-order chi connectivity index (χ1) is 12.3. The molecule has 0 saturated carbocycles. The molecule has 132 valence electrons. The van der Waals surface area contributed by atoms with Gasteiger partial charge in [0.2, 0.25) is 5.95 Å². The van der Waals surface area contributed by atoms with Crippen LogP contribution in [0.4, 0.5) is 10.3 Å². The minimum absolute atomic E-state index is 0.0108. The van der Waals surface area contributed by atoms with Gasteiger partial charge in [-0.15, -0.1) is 0 Å². The summed E-state index contributed by atoms with van der Waals surface area (Å²) in [6, 6.07) is 8.89. The smallest absolute Gasteiger partial charge is 0.225 e. The van der Waals surface area contributed by atoms with E-state index in [1.54, 1.807) is 18.5 Å². The van der Waals surface area contributed by atoms with Crippen molar-refractivity contribution in [2.24, 2.45) is 5.92 Å². The van der Waals surface area contributed by atoms with Crippen molar-refractivity contribution in [1.29, 1.82) is 0 Å². The summed E-state index contributed by atoms with van der Waals surface area (Å²) < 4.78 is 14.1. The summed E-state index contributed by atoms with van der Waals surface area (Å²) >= 11 is 0. The lowest BCUT2D eigenvalue weighted by atomic mass is 9.94. The van der Waals surface area contributed by atoms with Gasteiger partial charge in [0, 0.05) is 63.1 Å². The van der Waals surface area contributed by atoms with Gasteiger partial charge in [-0.3, -0.25) is 10.3 Å². The van der Waals surface area contributed by atoms with E-state index < -0.39 is 0 Å². The lowest BCUT2D eigenvalue weighted by Crippen LogP contribution is -2.49. The summed E-state index contributed by atoms with van der Waals surface area (Å²) in [5.41, 5.74) is 7.18. The number of hydrogen-bond acceptors (Lipinski definition) is 6. The van der Waals surface area contributed by atoms with Crippen LogP contribution in [0.2, 0.25) is 0 Å². The summed E-state index contributed by atoms with van der Waals surface area (Å²) in [4.78, 5) is 13.3. The van der Waals surface area contributed by atoms with E-state index in [2.05, 4.69) is 30.6 Å². The second kappa shape index (κ2) is 7.43. The lowest BCUT2D eigenvalue weighted by Gasteiger charge is -2.36. The summed E-state index contributed by atoms with van der Waals surface area (Å²) in [6.45, 7) is 5.57. The number of hydrazine groups is 1. The second-order valence-corrected chi connectivity index (χ2v) is 6.62. The molecule has 1 aromatic heterocycles. The van der Waals surface area contributed by atoms with Crippen molar-refractivity contribution >= 4 is 5.95 Å². The van der Waals surface area contributed by atoms with Crippen LogP contribution in [0.1, 0.15) is 11.6 Å². The third-order valence-electron chi connectivity index (χ3n) is 5.03. The van der Waals surface area contributed by atoms with E-state index in [4.69, 9.17) is 0 Å². The van der Waals surface area contributed by atoms with Crippen LogP contribution in [-0.2, 0) is 0 Å². The first kappa shape index (κ1) is 16.4. The maximum atomic E-state index is 14.1. The Morgan fingerprint density at radius 3 is 2.56 bits per heavy atom. The Labute approximate surface area is 147 Å². The van der Waals surface area contributed by atoms with Gasteiger partial charge in [-0.1, -0.05) is 18.2 Å². The number of rotatable bonds is 4. The molecule has 4 rings (SSSR count). The molecule has 2 aromatic rings. The third-order valence-corrected chi connectivity index (χ3v) is 5.03. The number of anilines is 1.